The van der Waals surface area contributed by atoms with E-state index in [1.54, 1.807) is 99.0 Å². The Morgan fingerprint density at radius 2 is 1.30 bits per heavy atom. The number of aromatic amines is 1. The summed E-state index contributed by atoms with van der Waals surface area (Å²) >= 11 is 0. The molecule has 20 nitrogen and oxygen atoms in total. The number of fused-ring (bicyclic) bond motifs is 4. The summed E-state index contributed by atoms with van der Waals surface area (Å²) in [4.78, 5) is 75.0. The van der Waals surface area contributed by atoms with Gasteiger partial charge in [-0.1, -0.05) is 24.3 Å². The van der Waals surface area contributed by atoms with Gasteiger partial charge in [-0.25, -0.2) is 34.1 Å². The second-order valence-electron chi connectivity index (χ2n) is 21.0. The maximum Gasteiger partial charge on any atom is 0.420 e. The lowest BCUT2D eigenvalue weighted by Crippen LogP contribution is -2.40. The Labute approximate surface area is 465 Å². The monoisotopic (exact) mass is 1080 g/mol. The maximum absolute atomic E-state index is 13.3. The Kier molecular flexibility index (Phi) is 14.5. The van der Waals surface area contributed by atoms with Crippen LogP contribution in [0, 0.1) is 22.7 Å². The minimum absolute atomic E-state index is 0.00714. The fourth-order valence-corrected chi connectivity index (χ4v) is 10.5. The van der Waals surface area contributed by atoms with E-state index in [2.05, 4.69) is 74.3 Å². The fraction of sp³-hybridized carbons (Fsp3) is 0.246. The van der Waals surface area contributed by atoms with Crippen LogP contribution in [0.2, 0.25) is 0 Å². The zero-order valence-corrected chi connectivity index (χ0v) is 44.9. The quantitative estimate of drug-likeness (QED) is 0.111. The molecule has 8 heterocycles. The highest BCUT2D eigenvalue weighted by Gasteiger charge is 2.28. The molecular formula is C61H56N14O6. The van der Waals surface area contributed by atoms with Gasteiger partial charge in [-0.2, -0.15) is 10.5 Å². The number of hydrogen-bond donors (Lipinski definition) is 4. The number of nitriles is 2. The number of H-pyrrole nitrogens is 1. The molecule has 81 heavy (non-hydrogen) atoms. The third-order valence-electron chi connectivity index (χ3n) is 14.4. The summed E-state index contributed by atoms with van der Waals surface area (Å²) in [6.07, 6.45) is 13.3. The molecule has 6 aromatic heterocycles. The number of pyridine rings is 2. The predicted molar refractivity (Wildman–Crippen MR) is 307 cm³/mol. The highest BCUT2D eigenvalue weighted by atomic mass is 16.6. The van der Waals surface area contributed by atoms with Gasteiger partial charge in [-0.15, -0.1) is 0 Å². The van der Waals surface area contributed by atoms with Gasteiger partial charge >= 0.3 is 12.2 Å². The van der Waals surface area contributed by atoms with Crippen LogP contribution in [0.5, 0.6) is 0 Å². The Hall–Kier alpha value is -10.2. The largest absolute Gasteiger partial charge is 0.453 e. The average molecular weight is 1080 g/mol. The van der Waals surface area contributed by atoms with Crippen molar-refractivity contribution in [3.8, 4) is 34.4 Å². The number of anilines is 2. The molecule has 12 rings (SSSR count). The van der Waals surface area contributed by atoms with Crippen molar-refractivity contribution in [3.05, 3.63) is 157 Å². The zero-order valence-electron chi connectivity index (χ0n) is 44.9. The van der Waals surface area contributed by atoms with E-state index in [0.717, 1.165) is 82.9 Å². The van der Waals surface area contributed by atoms with Crippen LogP contribution in [0.15, 0.2) is 135 Å². The molecular weight excluding hydrogens is 1020 g/mol. The molecule has 0 radical (unpaired) electrons. The molecule has 2 atom stereocenters. The third kappa shape index (κ3) is 11.1. The first kappa shape index (κ1) is 52.9. The molecule has 10 aromatic rings. The van der Waals surface area contributed by atoms with Gasteiger partial charge < -0.3 is 44.4 Å². The lowest BCUT2D eigenvalue weighted by Gasteiger charge is -2.32. The van der Waals surface area contributed by atoms with Gasteiger partial charge in [0.25, 0.3) is 11.8 Å². The summed E-state index contributed by atoms with van der Waals surface area (Å²) in [6.45, 7) is 8.51. The normalized spacial score (nSPS) is 15.4. The molecule has 3 amide bonds. The molecule has 20 heteroatoms. The number of carbonyl (C=O) groups excluding carboxylic acids is 4. The van der Waals surface area contributed by atoms with Gasteiger partial charge in [0.05, 0.1) is 82.3 Å². The van der Waals surface area contributed by atoms with E-state index in [9.17, 15) is 24.4 Å². The van der Waals surface area contributed by atoms with E-state index in [4.69, 9.17) is 14.7 Å². The Bertz CT molecular complexity index is 4160. The number of hydrogen-bond acceptors (Lipinski definition) is 13. The molecule has 4 aromatic carbocycles. The molecule has 406 valence electrons. The van der Waals surface area contributed by atoms with Crippen LogP contribution in [0.4, 0.5) is 21.0 Å². The first-order valence-corrected chi connectivity index (χ1v) is 26.6. The maximum atomic E-state index is 13.3. The summed E-state index contributed by atoms with van der Waals surface area (Å²) in [5.74, 6) is -0.693. The number of likely N-dealkylation sites (tertiary alicyclic amines) is 1. The van der Waals surface area contributed by atoms with E-state index in [1.807, 2.05) is 42.9 Å². The number of benzene rings is 4. The summed E-state index contributed by atoms with van der Waals surface area (Å²) < 4.78 is 16.3. The molecule has 2 aliphatic rings. The van der Waals surface area contributed by atoms with Gasteiger partial charge in [0.1, 0.15) is 16.9 Å². The summed E-state index contributed by atoms with van der Waals surface area (Å²) in [5, 5.41) is 28.9. The van der Waals surface area contributed by atoms with E-state index in [1.165, 1.54) is 17.9 Å². The van der Waals surface area contributed by atoms with E-state index in [-0.39, 0.29) is 23.6 Å². The number of aromatic nitrogens is 8. The van der Waals surface area contributed by atoms with Crippen molar-refractivity contribution in [1.82, 2.24) is 48.8 Å². The molecule has 2 aliphatic heterocycles. The standard InChI is InChI=1S/C34H33N7O5.C27H23N7O/c1-34(2,3)46-33(44)40-19-27(26-14-23(17-36-30(26)40)31(42)38-24-8-5-7-21(13-24)16-35)22-10-11-28-29(15-22)41(20-37-28)25-9-6-12-39(18-25)32(43)45-4;28-12-17-3-1-4-20(9-17)33-27(35)19-10-22-23(15-31-26(22)30-13-19)18-6-7-24-25(11-18)34(16-32-24)21-5-2-8-29-14-21/h5,7-8,10-11,13-15,17,19-20,25H,6,9,12,18H2,1-4H3,(H,38,42);1,3-4,6-7,9-11,13,15-16,21,29H,2,5,8,14H2,(H,30,31)(H,33,35). The summed E-state index contributed by atoms with van der Waals surface area (Å²) in [5.41, 5.74) is 10.2. The van der Waals surface area contributed by atoms with Crippen molar-refractivity contribution in [2.45, 2.75) is 64.1 Å². The number of nitrogens with zero attached hydrogens (tertiary/aromatic N) is 10. The smallest absolute Gasteiger partial charge is 0.420 e. The van der Waals surface area contributed by atoms with Crippen LogP contribution < -0.4 is 16.0 Å². The van der Waals surface area contributed by atoms with E-state index >= 15 is 0 Å². The zero-order chi connectivity index (χ0) is 56.4. The first-order valence-electron chi connectivity index (χ1n) is 26.6. The highest BCUT2D eigenvalue weighted by molar-refractivity contribution is 6.09. The van der Waals surface area contributed by atoms with Gasteiger partial charge in [0.2, 0.25) is 0 Å². The fourth-order valence-electron chi connectivity index (χ4n) is 10.5. The minimum atomic E-state index is -0.741. The molecule has 2 unspecified atom stereocenters. The number of nitrogens with one attached hydrogen (secondary N) is 4. The second-order valence-corrected chi connectivity index (χ2v) is 21.0. The van der Waals surface area contributed by atoms with E-state index < -0.39 is 17.6 Å². The molecule has 4 N–H and O–H groups in total. The molecule has 2 saturated heterocycles. The lowest BCUT2D eigenvalue weighted by molar-refractivity contribution is 0.0543. The van der Waals surface area contributed by atoms with Crippen molar-refractivity contribution < 1.29 is 28.7 Å². The second kappa shape index (κ2) is 22.3. The van der Waals surface area contributed by atoms with Crippen LogP contribution in [0.3, 0.4) is 0 Å². The van der Waals surface area contributed by atoms with Crippen molar-refractivity contribution in [2.24, 2.45) is 0 Å². The Balaban J connectivity index is 0.000000176. The number of carbonyl (C=O) groups is 4. The van der Waals surface area contributed by atoms with Crippen LogP contribution in [-0.4, -0.2) is 106 Å². The summed E-state index contributed by atoms with van der Waals surface area (Å²) in [6, 6.07) is 33.6. The Morgan fingerprint density at radius 3 is 1.90 bits per heavy atom. The molecule has 2 fully saturated rings. The van der Waals surface area contributed by atoms with Crippen LogP contribution in [-0.2, 0) is 9.47 Å². The Morgan fingerprint density at radius 1 is 0.691 bits per heavy atom. The number of piperidine rings is 2. The van der Waals surface area contributed by atoms with Crippen molar-refractivity contribution in [2.75, 3.05) is 43.9 Å². The minimum Gasteiger partial charge on any atom is -0.453 e. The highest BCUT2D eigenvalue weighted by Crippen LogP contribution is 2.36. The van der Waals surface area contributed by atoms with Gasteiger partial charge in [-0.3, -0.25) is 9.59 Å². The van der Waals surface area contributed by atoms with Crippen LogP contribution in [0.25, 0.3) is 66.4 Å². The molecule has 0 aliphatic carbocycles. The number of methoxy groups -OCH3 is 1. The number of imidazole rings is 2. The van der Waals surface area contributed by atoms with Crippen LogP contribution in [0.1, 0.15) is 90.4 Å². The van der Waals surface area contributed by atoms with Crippen molar-refractivity contribution in [1.29, 1.82) is 10.5 Å². The van der Waals surface area contributed by atoms with Gasteiger partial charge in [-0.05, 0) is 137 Å². The van der Waals surface area contributed by atoms with Gasteiger partial charge in [0, 0.05) is 83.7 Å². The number of amides is 3. The third-order valence-corrected chi connectivity index (χ3v) is 14.4. The molecule has 0 bridgehead atoms. The lowest BCUT2D eigenvalue weighted by atomic mass is 10.0. The predicted octanol–water partition coefficient (Wildman–Crippen LogP) is 11.0. The molecule has 0 spiro atoms. The van der Waals surface area contributed by atoms with Crippen molar-refractivity contribution >= 4 is 79.5 Å². The number of ether oxygens (including phenoxy) is 2. The topological polar surface area (TPSA) is 256 Å². The molecule has 0 saturated carbocycles. The number of rotatable bonds is 8. The van der Waals surface area contributed by atoms with E-state index in [0.29, 0.717) is 69.4 Å². The van der Waals surface area contributed by atoms with Crippen molar-refractivity contribution in [3.63, 3.8) is 0 Å². The van der Waals surface area contributed by atoms with Gasteiger partial charge in [0.15, 0.2) is 0 Å². The first-order chi connectivity index (χ1) is 39.2. The SMILES string of the molecule is COC(=O)N1CCCC(n2cnc3ccc(-c4cn(C(=O)OC(C)(C)C)c5ncc(C(=O)Nc6cccc(C#N)c6)cc45)cc32)C1.N#Cc1cccc(NC(=O)c2cnc3[nH]cc(-c4ccc5ncn(C6CCCNC6)c5c4)c3c2)c1. The summed E-state index contributed by atoms with van der Waals surface area (Å²) in [7, 11) is 1.38. The average Bonchev–Trinajstić information content (AvgIpc) is 4.39. The van der Waals surface area contributed by atoms with Crippen LogP contribution >= 0.6 is 0 Å².